The largest absolute Gasteiger partial charge is 0.352 e. The van der Waals surface area contributed by atoms with E-state index in [1.165, 1.54) is 47.4 Å². The summed E-state index contributed by atoms with van der Waals surface area (Å²) in [5.41, 5.74) is 0.712. The van der Waals surface area contributed by atoms with Gasteiger partial charge in [0.15, 0.2) is 0 Å². The summed E-state index contributed by atoms with van der Waals surface area (Å²) >= 11 is 12.1. The van der Waals surface area contributed by atoms with Gasteiger partial charge in [0.1, 0.15) is 18.4 Å². The van der Waals surface area contributed by atoms with E-state index in [4.69, 9.17) is 23.2 Å². The molecule has 35 heavy (non-hydrogen) atoms. The van der Waals surface area contributed by atoms with Crippen LogP contribution in [-0.4, -0.2) is 50.0 Å². The van der Waals surface area contributed by atoms with E-state index in [1.807, 2.05) is 13.8 Å². The number of amides is 2. The predicted octanol–water partition coefficient (Wildman–Crippen LogP) is 4.62. The molecule has 0 aliphatic carbocycles. The minimum atomic E-state index is -3.92. The number of nitrogens with zero attached hydrogens (tertiary/aromatic N) is 2. The molecule has 0 heterocycles. The number of anilines is 1. The number of hydrogen-bond acceptors (Lipinski definition) is 4. The fraction of sp³-hybridized carbons (Fsp3) is 0.417. The highest BCUT2D eigenvalue weighted by molar-refractivity contribution is 7.92. The fourth-order valence-electron chi connectivity index (χ4n) is 3.44. The van der Waals surface area contributed by atoms with Gasteiger partial charge in [0.2, 0.25) is 21.8 Å². The van der Waals surface area contributed by atoms with E-state index in [0.29, 0.717) is 12.0 Å². The number of carbonyl (C=O) groups excluding carboxylic acids is 2. The third-order valence-electron chi connectivity index (χ3n) is 5.47. The summed E-state index contributed by atoms with van der Waals surface area (Å²) in [6.07, 6.45) is 1.95. The van der Waals surface area contributed by atoms with E-state index in [-0.39, 0.29) is 40.6 Å². The second kappa shape index (κ2) is 12.6. The number of carbonyl (C=O) groups is 2. The molecule has 0 radical (unpaired) electrons. The zero-order valence-electron chi connectivity index (χ0n) is 20.1. The zero-order chi connectivity index (χ0) is 26.3. The highest BCUT2D eigenvalue weighted by Crippen LogP contribution is 2.27. The van der Waals surface area contributed by atoms with E-state index < -0.39 is 34.3 Å². The average Bonchev–Trinajstić information content (AvgIpc) is 2.76. The van der Waals surface area contributed by atoms with Crippen LogP contribution in [0.25, 0.3) is 0 Å². The molecule has 0 aliphatic rings. The van der Waals surface area contributed by atoms with Gasteiger partial charge in [-0.1, -0.05) is 49.2 Å². The first-order valence-electron chi connectivity index (χ1n) is 11.1. The molecular weight excluding hydrogens is 516 g/mol. The van der Waals surface area contributed by atoms with Crippen LogP contribution in [-0.2, 0) is 26.2 Å². The van der Waals surface area contributed by atoms with Crippen molar-refractivity contribution in [3.63, 3.8) is 0 Å². The first kappa shape index (κ1) is 28.9. The fourth-order valence-corrected chi connectivity index (χ4v) is 4.79. The molecule has 1 N–H and O–H groups in total. The van der Waals surface area contributed by atoms with Gasteiger partial charge in [-0.2, -0.15) is 0 Å². The van der Waals surface area contributed by atoms with E-state index in [9.17, 15) is 22.4 Å². The van der Waals surface area contributed by atoms with Crippen LogP contribution in [0.3, 0.4) is 0 Å². The van der Waals surface area contributed by atoms with Crippen LogP contribution in [0.15, 0.2) is 42.5 Å². The minimum absolute atomic E-state index is 0.0144. The lowest BCUT2D eigenvalue weighted by Gasteiger charge is -2.33. The van der Waals surface area contributed by atoms with Crippen molar-refractivity contribution in [3.8, 4) is 0 Å². The summed E-state index contributed by atoms with van der Waals surface area (Å²) < 4.78 is 39.6. The normalized spacial score (nSPS) is 13.1. The molecule has 0 aliphatic heterocycles. The maximum absolute atomic E-state index is 13.6. The third-order valence-corrected chi connectivity index (χ3v) is 7.04. The highest BCUT2D eigenvalue weighted by atomic mass is 35.5. The molecule has 2 aromatic rings. The smallest absolute Gasteiger partial charge is 0.244 e. The quantitative estimate of drug-likeness (QED) is 0.446. The number of rotatable bonds is 11. The molecule has 11 heteroatoms. The van der Waals surface area contributed by atoms with Gasteiger partial charge in [0.05, 0.1) is 11.9 Å². The van der Waals surface area contributed by atoms with Crippen LogP contribution < -0.4 is 9.62 Å². The van der Waals surface area contributed by atoms with E-state index in [0.717, 1.165) is 10.6 Å². The van der Waals surface area contributed by atoms with Crippen molar-refractivity contribution in [1.82, 2.24) is 10.2 Å². The Morgan fingerprint density at radius 3 is 2.09 bits per heavy atom. The molecule has 0 unspecified atom stereocenters. The maximum Gasteiger partial charge on any atom is 0.244 e. The Morgan fingerprint density at radius 2 is 1.60 bits per heavy atom. The molecule has 192 valence electrons. The van der Waals surface area contributed by atoms with Crippen LogP contribution in [0.2, 0.25) is 10.0 Å². The third kappa shape index (κ3) is 8.37. The van der Waals surface area contributed by atoms with Gasteiger partial charge in [-0.15, -0.1) is 0 Å². The molecule has 0 bridgehead atoms. The first-order chi connectivity index (χ1) is 16.3. The number of halogens is 3. The highest BCUT2D eigenvalue weighted by Gasteiger charge is 2.32. The molecule has 0 spiro atoms. The van der Waals surface area contributed by atoms with E-state index >= 15 is 0 Å². The minimum Gasteiger partial charge on any atom is -0.352 e. The second-order valence-corrected chi connectivity index (χ2v) is 11.1. The maximum atomic E-state index is 13.6. The van der Waals surface area contributed by atoms with Crippen LogP contribution in [0.4, 0.5) is 10.1 Å². The van der Waals surface area contributed by atoms with Crippen molar-refractivity contribution in [3.05, 3.63) is 63.9 Å². The van der Waals surface area contributed by atoms with Gasteiger partial charge in [0, 0.05) is 22.6 Å². The lowest BCUT2D eigenvalue weighted by molar-refractivity contribution is -0.140. The number of benzene rings is 2. The predicted molar refractivity (Wildman–Crippen MR) is 138 cm³/mol. The molecular formula is C24H30Cl2FN3O4S. The van der Waals surface area contributed by atoms with Gasteiger partial charge in [-0.3, -0.25) is 13.9 Å². The van der Waals surface area contributed by atoms with Gasteiger partial charge >= 0.3 is 0 Å². The summed E-state index contributed by atoms with van der Waals surface area (Å²) in [6, 6.07) is 8.79. The van der Waals surface area contributed by atoms with Crippen molar-refractivity contribution < 1.29 is 22.4 Å². The summed E-state index contributed by atoms with van der Waals surface area (Å²) in [6.45, 7) is 4.94. The van der Waals surface area contributed by atoms with Crippen LogP contribution in [0, 0.1) is 5.82 Å². The Bertz CT molecular complexity index is 1130. The van der Waals surface area contributed by atoms with Crippen molar-refractivity contribution in [2.45, 2.75) is 52.2 Å². The first-order valence-corrected chi connectivity index (χ1v) is 13.7. The van der Waals surface area contributed by atoms with Gasteiger partial charge in [0.25, 0.3) is 0 Å². The zero-order valence-corrected chi connectivity index (χ0v) is 22.4. The van der Waals surface area contributed by atoms with Crippen LogP contribution in [0.1, 0.15) is 39.2 Å². The number of hydrogen-bond donors (Lipinski definition) is 1. The molecule has 0 saturated heterocycles. The Kier molecular flexibility index (Phi) is 10.4. The second-order valence-electron chi connectivity index (χ2n) is 8.29. The SMILES string of the molecule is CC[C@@H](C)NC(=O)[C@@H](CC)N(Cc1ccc(F)cc1)C(=O)CN(c1cc(Cl)cc(Cl)c1)S(C)(=O)=O. The molecule has 2 rings (SSSR count). The lowest BCUT2D eigenvalue weighted by Crippen LogP contribution is -2.53. The Hall–Kier alpha value is -2.36. The monoisotopic (exact) mass is 545 g/mol. The molecule has 0 saturated carbocycles. The van der Waals surface area contributed by atoms with Crippen molar-refractivity contribution >= 4 is 50.7 Å². The van der Waals surface area contributed by atoms with Crippen molar-refractivity contribution in [2.75, 3.05) is 17.1 Å². The summed E-state index contributed by atoms with van der Waals surface area (Å²) in [5, 5.41) is 3.29. The van der Waals surface area contributed by atoms with Gasteiger partial charge in [-0.05, 0) is 55.7 Å². The summed E-state index contributed by atoms with van der Waals surface area (Å²) in [4.78, 5) is 27.9. The van der Waals surface area contributed by atoms with Crippen LogP contribution in [0.5, 0.6) is 0 Å². The van der Waals surface area contributed by atoms with E-state index in [2.05, 4.69) is 5.32 Å². The molecule has 2 aromatic carbocycles. The standard InChI is InChI=1S/C24H30Cl2FN3O4S/c1-5-16(3)28-24(32)22(6-2)29(14-17-7-9-20(27)10-8-17)23(31)15-30(35(4,33)34)21-12-18(25)11-19(26)13-21/h7-13,16,22H,5-6,14-15H2,1-4H3,(H,28,32)/t16-,22-/m1/s1. The Labute approximate surface area is 216 Å². The molecule has 2 atom stereocenters. The average molecular weight is 546 g/mol. The lowest BCUT2D eigenvalue weighted by atomic mass is 10.1. The number of nitrogens with one attached hydrogen (secondary N) is 1. The van der Waals surface area contributed by atoms with E-state index in [1.54, 1.807) is 6.92 Å². The van der Waals surface area contributed by atoms with Crippen molar-refractivity contribution in [1.29, 1.82) is 0 Å². The number of sulfonamides is 1. The van der Waals surface area contributed by atoms with Gasteiger partial charge < -0.3 is 10.2 Å². The molecule has 0 aromatic heterocycles. The van der Waals surface area contributed by atoms with Gasteiger partial charge in [-0.25, -0.2) is 12.8 Å². The Balaban J connectivity index is 2.46. The molecule has 7 nitrogen and oxygen atoms in total. The molecule has 0 fully saturated rings. The summed E-state index contributed by atoms with van der Waals surface area (Å²) in [5.74, 6) is -1.40. The van der Waals surface area contributed by atoms with Crippen LogP contribution >= 0.6 is 23.2 Å². The summed E-state index contributed by atoms with van der Waals surface area (Å²) in [7, 11) is -3.92. The van der Waals surface area contributed by atoms with Crippen molar-refractivity contribution in [2.24, 2.45) is 0 Å². The Morgan fingerprint density at radius 1 is 1.03 bits per heavy atom. The molecule has 2 amide bonds. The topological polar surface area (TPSA) is 86.8 Å².